The molecule has 0 fully saturated rings. The number of amides is 2. The Bertz CT molecular complexity index is 820. The molecule has 1 heterocycles. The Morgan fingerprint density at radius 3 is 2.39 bits per heavy atom. The van der Waals surface area contributed by atoms with Gasteiger partial charge in [-0.15, -0.1) is 0 Å². The van der Waals surface area contributed by atoms with Gasteiger partial charge in [0.05, 0.1) is 0 Å². The summed E-state index contributed by atoms with van der Waals surface area (Å²) in [7, 11) is 0. The predicted octanol–water partition coefficient (Wildman–Crippen LogP) is 2.80. The van der Waals surface area contributed by atoms with Gasteiger partial charge in [0.25, 0.3) is 0 Å². The maximum absolute atomic E-state index is 13.0. The van der Waals surface area contributed by atoms with Crippen molar-refractivity contribution in [2.24, 2.45) is 11.7 Å². The summed E-state index contributed by atoms with van der Waals surface area (Å²) in [5.74, 6) is 0.134. The molecule has 2 unspecified atom stereocenters. The predicted molar refractivity (Wildman–Crippen MR) is 110 cm³/mol. The number of carbonyl (C=O) groups is 2. The summed E-state index contributed by atoms with van der Waals surface area (Å²) in [6.07, 6.45) is 0.974. The van der Waals surface area contributed by atoms with Crippen LogP contribution in [-0.2, 0) is 22.6 Å². The number of benzene rings is 2. The largest absolute Gasteiger partial charge is 0.352 e. The minimum Gasteiger partial charge on any atom is -0.352 e. The van der Waals surface area contributed by atoms with Crippen molar-refractivity contribution in [2.45, 2.75) is 45.3 Å². The van der Waals surface area contributed by atoms with Gasteiger partial charge < -0.3 is 16.0 Å². The van der Waals surface area contributed by atoms with E-state index >= 15 is 0 Å². The molecule has 2 amide bonds. The Morgan fingerprint density at radius 1 is 1.07 bits per heavy atom. The molecule has 0 aliphatic carbocycles. The quantitative estimate of drug-likeness (QED) is 0.810. The van der Waals surface area contributed by atoms with Crippen LogP contribution in [0.15, 0.2) is 54.6 Å². The van der Waals surface area contributed by atoms with Gasteiger partial charge in [-0.3, -0.25) is 9.59 Å². The van der Waals surface area contributed by atoms with Gasteiger partial charge in [-0.1, -0.05) is 68.4 Å². The number of hydrogen-bond donors (Lipinski definition) is 2. The molecule has 1 aliphatic rings. The lowest BCUT2D eigenvalue weighted by Gasteiger charge is -2.36. The van der Waals surface area contributed by atoms with Crippen LogP contribution < -0.4 is 11.1 Å². The Labute approximate surface area is 166 Å². The summed E-state index contributed by atoms with van der Waals surface area (Å²) in [4.78, 5) is 27.5. The highest BCUT2D eigenvalue weighted by Crippen LogP contribution is 2.25. The molecular formula is C23H29N3O2. The fourth-order valence-corrected chi connectivity index (χ4v) is 3.63. The van der Waals surface area contributed by atoms with E-state index in [1.165, 1.54) is 0 Å². The summed E-state index contributed by atoms with van der Waals surface area (Å²) < 4.78 is 0. The maximum atomic E-state index is 13.0. The molecule has 2 atom stereocenters. The molecule has 2 aromatic carbocycles. The second kappa shape index (κ2) is 9.02. The van der Waals surface area contributed by atoms with Crippen molar-refractivity contribution in [3.8, 4) is 0 Å². The SMILES string of the molecule is CC(C)CC(=O)N1Cc2ccccc2CC1C(=O)NCC(N)c1ccccc1. The summed E-state index contributed by atoms with van der Waals surface area (Å²) in [5.41, 5.74) is 9.43. The standard InChI is InChI=1S/C23H29N3O2/c1-16(2)12-22(27)26-15-19-11-7-6-10-18(19)13-21(26)23(28)25-14-20(24)17-8-4-3-5-9-17/h3-11,16,20-21H,12-15,24H2,1-2H3,(H,25,28). The van der Waals surface area contributed by atoms with Crippen molar-refractivity contribution in [1.29, 1.82) is 0 Å². The van der Waals surface area contributed by atoms with Gasteiger partial charge in [-0.25, -0.2) is 0 Å². The lowest BCUT2D eigenvalue weighted by molar-refractivity contribution is -0.142. The second-order valence-electron chi connectivity index (χ2n) is 7.87. The molecule has 5 heteroatoms. The van der Waals surface area contributed by atoms with E-state index in [0.717, 1.165) is 16.7 Å². The first-order valence-corrected chi connectivity index (χ1v) is 9.90. The van der Waals surface area contributed by atoms with E-state index in [0.29, 0.717) is 25.9 Å². The van der Waals surface area contributed by atoms with Crippen LogP contribution in [0.3, 0.4) is 0 Å². The topological polar surface area (TPSA) is 75.4 Å². The minimum absolute atomic E-state index is 0.0250. The number of nitrogens with zero attached hydrogens (tertiary/aromatic N) is 1. The van der Waals surface area contributed by atoms with E-state index in [-0.39, 0.29) is 23.8 Å². The van der Waals surface area contributed by atoms with Crippen molar-refractivity contribution < 1.29 is 9.59 Å². The molecule has 3 N–H and O–H groups in total. The molecule has 0 aromatic heterocycles. The summed E-state index contributed by atoms with van der Waals surface area (Å²) in [6.45, 7) is 4.85. The number of nitrogens with one attached hydrogen (secondary N) is 1. The molecular weight excluding hydrogens is 350 g/mol. The number of rotatable bonds is 6. The molecule has 0 bridgehead atoms. The molecule has 1 aliphatic heterocycles. The highest BCUT2D eigenvalue weighted by atomic mass is 16.2. The van der Waals surface area contributed by atoms with E-state index < -0.39 is 6.04 Å². The molecule has 0 radical (unpaired) electrons. The average Bonchev–Trinajstić information content (AvgIpc) is 2.70. The van der Waals surface area contributed by atoms with Crippen LogP contribution in [0, 0.1) is 5.92 Å². The zero-order chi connectivity index (χ0) is 20.1. The number of carbonyl (C=O) groups excluding carboxylic acids is 2. The zero-order valence-corrected chi connectivity index (χ0v) is 16.6. The van der Waals surface area contributed by atoms with Crippen molar-refractivity contribution in [3.05, 3.63) is 71.3 Å². The summed E-state index contributed by atoms with van der Waals surface area (Å²) in [5, 5.41) is 2.96. The fraction of sp³-hybridized carbons (Fsp3) is 0.391. The maximum Gasteiger partial charge on any atom is 0.243 e. The third kappa shape index (κ3) is 4.78. The average molecular weight is 380 g/mol. The Hall–Kier alpha value is -2.66. The van der Waals surface area contributed by atoms with Crippen LogP contribution in [-0.4, -0.2) is 29.3 Å². The fourth-order valence-electron chi connectivity index (χ4n) is 3.63. The van der Waals surface area contributed by atoms with Gasteiger partial charge in [-0.2, -0.15) is 0 Å². The normalized spacial score (nSPS) is 17.1. The van der Waals surface area contributed by atoms with Gasteiger partial charge >= 0.3 is 0 Å². The van der Waals surface area contributed by atoms with Crippen molar-refractivity contribution in [3.63, 3.8) is 0 Å². The van der Waals surface area contributed by atoms with Crippen LogP contribution in [0.2, 0.25) is 0 Å². The van der Waals surface area contributed by atoms with Gasteiger partial charge in [0, 0.05) is 32.0 Å². The Balaban J connectivity index is 1.72. The molecule has 28 heavy (non-hydrogen) atoms. The van der Waals surface area contributed by atoms with Gasteiger partial charge in [0.15, 0.2) is 0 Å². The van der Waals surface area contributed by atoms with E-state index in [4.69, 9.17) is 5.73 Å². The van der Waals surface area contributed by atoms with Gasteiger partial charge in [0.2, 0.25) is 11.8 Å². The first-order chi connectivity index (χ1) is 13.5. The number of nitrogens with two attached hydrogens (primary N) is 1. The smallest absolute Gasteiger partial charge is 0.243 e. The van der Waals surface area contributed by atoms with Crippen molar-refractivity contribution in [2.75, 3.05) is 6.54 Å². The van der Waals surface area contributed by atoms with Crippen LogP contribution in [0.1, 0.15) is 43.0 Å². The van der Waals surface area contributed by atoms with Crippen LogP contribution >= 0.6 is 0 Å². The van der Waals surface area contributed by atoms with E-state index in [9.17, 15) is 9.59 Å². The molecule has 2 aromatic rings. The highest BCUT2D eigenvalue weighted by molar-refractivity contribution is 5.88. The zero-order valence-electron chi connectivity index (χ0n) is 16.6. The number of fused-ring (bicyclic) bond motifs is 1. The van der Waals surface area contributed by atoms with Crippen LogP contribution in [0.25, 0.3) is 0 Å². The van der Waals surface area contributed by atoms with Gasteiger partial charge in [-0.05, 0) is 22.6 Å². The third-order valence-corrected chi connectivity index (χ3v) is 5.18. The lowest BCUT2D eigenvalue weighted by atomic mass is 9.92. The summed E-state index contributed by atoms with van der Waals surface area (Å²) in [6, 6.07) is 17.0. The van der Waals surface area contributed by atoms with Crippen LogP contribution in [0.4, 0.5) is 0 Å². The molecule has 0 spiro atoms. The molecule has 3 rings (SSSR count). The monoisotopic (exact) mass is 379 g/mol. The van der Waals surface area contributed by atoms with E-state index in [1.807, 2.05) is 68.4 Å². The Morgan fingerprint density at radius 2 is 1.71 bits per heavy atom. The molecule has 0 saturated heterocycles. The molecule has 148 valence electrons. The van der Waals surface area contributed by atoms with Crippen molar-refractivity contribution in [1.82, 2.24) is 10.2 Å². The first-order valence-electron chi connectivity index (χ1n) is 9.90. The lowest BCUT2D eigenvalue weighted by Crippen LogP contribution is -2.53. The first kappa shape index (κ1) is 20.1. The molecule has 5 nitrogen and oxygen atoms in total. The third-order valence-electron chi connectivity index (χ3n) is 5.18. The summed E-state index contributed by atoms with van der Waals surface area (Å²) >= 11 is 0. The van der Waals surface area contributed by atoms with Crippen LogP contribution in [0.5, 0.6) is 0 Å². The van der Waals surface area contributed by atoms with E-state index in [1.54, 1.807) is 4.90 Å². The molecule has 0 saturated carbocycles. The minimum atomic E-state index is -0.496. The second-order valence-corrected chi connectivity index (χ2v) is 7.87. The number of hydrogen-bond acceptors (Lipinski definition) is 3. The van der Waals surface area contributed by atoms with E-state index in [2.05, 4.69) is 5.32 Å². The highest BCUT2D eigenvalue weighted by Gasteiger charge is 2.34. The Kier molecular flexibility index (Phi) is 6.47. The van der Waals surface area contributed by atoms with Gasteiger partial charge in [0.1, 0.15) is 6.04 Å². The van der Waals surface area contributed by atoms with Crippen molar-refractivity contribution >= 4 is 11.8 Å².